The number of carbonyl (C=O) groups is 2. The van der Waals surface area contributed by atoms with Gasteiger partial charge in [-0.1, -0.05) is 17.7 Å². The number of phenols is 1. The fourth-order valence-corrected chi connectivity index (χ4v) is 2.84. The molecule has 132 valence electrons. The van der Waals surface area contributed by atoms with E-state index in [9.17, 15) is 14.7 Å². The van der Waals surface area contributed by atoms with Crippen LogP contribution in [0.15, 0.2) is 48.0 Å². The van der Waals surface area contributed by atoms with Gasteiger partial charge in [-0.25, -0.2) is 0 Å². The monoisotopic (exact) mass is 388 g/mol. The average Bonchev–Trinajstić information content (AvgIpc) is 2.61. The first-order valence-corrected chi connectivity index (χ1v) is 8.23. The number of aromatic hydroxyl groups is 1. The van der Waals surface area contributed by atoms with Crippen LogP contribution in [-0.2, 0) is 9.59 Å². The van der Waals surface area contributed by atoms with Crippen LogP contribution in [0.5, 0.6) is 11.5 Å². The molecule has 1 heterocycles. The first-order chi connectivity index (χ1) is 12.4. The second-order valence-corrected chi connectivity index (χ2v) is 6.19. The summed E-state index contributed by atoms with van der Waals surface area (Å²) in [5, 5.41) is 12.7. The molecule has 0 spiro atoms. The van der Waals surface area contributed by atoms with Gasteiger partial charge in [-0.15, -0.1) is 0 Å². The van der Waals surface area contributed by atoms with Crippen LogP contribution in [0, 0.1) is 0 Å². The number of anilines is 1. The Balaban J connectivity index is 2.01. The van der Waals surface area contributed by atoms with Crippen molar-refractivity contribution >= 4 is 52.5 Å². The highest BCUT2D eigenvalue weighted by Gasteiger charge is 2.34. The number of ether oxygens (including phenoxy) is 1. The minimum absolute atomic E-state index is 0.0113. The van der Waals surface area contributed by atoms with E-state index in [0.29, 0.717) is 16.3 Å². The van der Waals surface area contributed by atoms with Gasteiger partial charge in [0.2, 0.25) is 0 Å². The predicted octanol–water partition coefficient (Wildman–Crippen LogP) is 2.89. The molecule has 0 atom stereocenters. The van der Waals surface area contributed by atoms with Gasteiger partial charge in [0.05, 0.1) is 12.8 Å². The molecule has 0 bridgehead atoms. The van der Waals surface area contributed by atoms with E-state index >= 15 is 0 Å². The average molecular weight is 389 g/mol. The van der Waals surface area contributed by atoms with Crippen LogP contribution < -0.4 is 15.0 Å². The van der Waals surface area contributed by atoms with Crippen molar-refractivity contribution in [1.82, 2.24) is 5.32 Å². The lowest BCUT2D eigenvalue weighted by atomic mass is 10.1. The smallest absolute Gasteiger partial charge is 0.270 e. The zero-order valence-electron chi connectivity index (χ0n) is 13.5. The summed E-state index contributed by atoms with van der Waals surface area (Å²) in [6.07, 6.45) is 1.41. The van der Waals surface area contributed by atoms with Crippen molar-refractivity contribution in [3.05, 3.63) is 58.6 Å². The van der Waals surface area contributed by atoms with Gasteiger partial charge in [-0.2, -0.15) is 0 Å². The summed E-state index contributed by atoms with van der Waals surface area (Å²) < 4.78 is 5.04. The Morgan fingerprint density at radius 2 is 1.88 bits per heavy atom. The van der Waals surface area contributed by atoms with E-state index in [2.05, 4.69) is 5.32 Å². The summed E-state index contributed by atoms with van der Waals surface area (Å²) in [7, 11) is 1.41. The Morgan fingerprint density at radius 1 is 1.19 bits per heavy atom. The molecule has 0 unspecified atom stereocenters. The quantitative estimate of drug-likeness (QED) is 0.480. The Bertz CT molecular complexity index is 941. The number of nitrogens with zero attached hydrogens (tertiary/aromatic N) is 1. The van der Waals surface area contributed by atoms with Crippen molar-refractivity contribution in [3.63, 3.8) is 0 Å². The van der Waals surface area contributed by atoms with Gasteiger partial charge in [0.1, 0.15) is 5.57 Å². The number of thiocarbonyl (C=S) groups is 1. The molecule has 0 radical (unpaired) electrons. The first-order valence-electron chi connectivity index (χ1n) is 7.44. The molecule has 1 saturated heterocycles. The molecule has 8 heteroatoms. The number of nitrogens with one attached hydrogen (secondary N) is 1. The number of carbonyl (C=O) groups excluding carboxylic acids is 2. The van der Waals surface area contributed by atoms with E-state index in [1.807, 2.05) is 0 Å². The number of benzene rings is 2. The van der Waals surface area contributed by atoms with Gasteiger partial charge in [-0.3, -0.25) is 19.8 Å². The number of phenolic OH excluding ortho intramolecular Hbond substituents is 1. The second-order valence-electron chi connectivity index (χ2n) is 5.37. The van der Waals surface area contributed by atoms with Crippen LogP contribution in [0.25, 0.3) is 6.08 Å². The fourth-order valence-electron chi connectivity index (χ4n) is 2.43. The third-order valence-corrected chi connectivity index (χ3v) is 4.24. The maximum atomic E-state index is 12.9. The molecule has 6 nitrogen and oxygen atoms in total. The minimum Gasteiger partial charge on any atom is -0.504 e. The molecule has 0 aliphatic carbocycles. The van der Waals surface area contributed by atoms with Crippen molar-refractivity contribution in [2.75, 3.05) is 12.0 Å². The Hall–Kier alpha value is -2.90. The number of methoxy groups -OCH3 is 1. The highest BCUT2D eigenvalue weighted by atomic mass is 35.5. The molecule has 1 fully saturated rings. The molecule has 2 aromatic rings. The van der Waals surface area contributed by atoms with Crippen LogP contribution >= 0.6 is 23.8 Å². The topological polar surface area (TPSA) is 78.9 Å². The number of hydrogen-bond donors (Lipinski definition) is 2. The standard InChI is InChI=1S/C18H13ClN2O4S/c1-25-15-9-10(2-7-14(15)22)8-13-16(23)20-18(26)21(17(13)24)12-5-3-11(19)4-6-12/h2-9,22H,1H3,(H,20,23,26). The molecular formula is C18H13ClN2O4S. The molecule has 2 aromatic carbocycles. The van der Waals surface area contributed by atoms with Crippen molar-refractivity contribution in [3.8, 4) is 11.5 Å². The van der Waals surface area contributed by atoms with Crippen molar-refractivity contribution < 1.29 is 19.4 Å². The fraction of sp³-hybridized carbons (Fsp3) is 0.0556. The van der Waals surface area contributed by atoms with E-state index in [1.165, 1.54) is 30.2 Å². The van der Waals surface area contributed by atoms with E-state index < -0.39 is 11.8 Å². The highest BCUT2D eigenvalue weighted by molar-refractivity contribution is 7.80. The third-order valence-electron chi connectivity index (χ3n) is 3.70. The largest absolute Gasteiger partial charge is 0.504 e. The number of hydrogen-bond acceptors (Lipinski definition) is 5. The summed E-state index contributed by atoms with van der Waals surface area (Å²) >= 11 is 11.0. The molecule has 2 amide bonds. The summed E-state index contributed by atoms with van der Waals surface area (Å²) in [5.41, 5.74) is 0.905. The Labute approximate surface area is 159 Å². The summed E-state index contributed by atoms with van der Waals surface area (Å²) in [6, 6.07) is 11.0. The van der Waals surface area contributed by atoms with Crippen LogP contribution in [-0.4, -0.2) is 29.1 Å². The number of rotatable bonds is 3. The molecule has 0 aromatic heterocycles. The summed E-state index contributed by atoms with van der Waals surface area (Å²) in [6.45, 7) is 0. The Morgan fingerprint density at radius 3 is 2.54 bits per heavy atom. The van der Waals surface area contributed by atoms with Gasteiger partial charge in [0.15, 0.2) is 16.6 Å². The normalized spacial score (nSPS) is 16.0. The maximum absolute atomic E-state index is 12.9. The molecule has 1 aliphatic heterocycles. The van der Waals surface area contributed by atoms with Crippen LogP contribution in [0.2, 0.25) is 5.02 Å². The Kier molecular flexibility index (Phi) is 4.92. The second kappa shape index (κ2) is 7.15. The van der Waals surface area contributed by atoms with Gasteiger partial charge < -0.3 is 9.84 Å². The zero-order chi connectivity index (χ0) is 18.8. The molecule has 1 aliphatic rings. The SMILES string of the molecule is COc1cc(C=C2C(=O)NC(=S)N(c3ccc(Cl)cc3)C2=O)ccc1O. The van der Waals surface area contributed by atoms with Crippen molar-refractivity contribution in [2.45, 2.75) is 0 Å². The van der Waals surface area contributed by atoms with Crippen molar-refractivity contribution in [2.24, 2.45) is 0 Å². The maximum Gasteiger partial charge on any atom is 0.270 e. The molecule has 3 rings (SSSR count). The minimum atomic E-state index is -0.600. The lowest BCUT2D eigenvalue weighted by Crippen LogP contribution is -2.54. The molecule has 0 saturated carbocycles. The molecule has 2 N–H and O–H groups in total. The molecular weight excluding hydrogens is 376 g/mol. The zero-order valence-corrected chi connectivity index (χ0v) is 15.1. The van der Waals surface area contributed by atoms with Crippen LogP contribution in [0.1, 0.15) is 5.56 Å². The van der Waals surface area contributed by atoms with Gasteiger partial charge in [0.25, 0.3) is 11.8 Å². The van der Waals surface area contributed by atoms with Gasteiger partial charge in [0, 0.05) is 5.02 Å². The predicted molar refractivity (Wildman–Crippen MR) is 102 cm³/mol. The third kappa shape index (κ3) is 3.40. The molecule has 26 heavy (non-hydrogen) atoms. The summed E-state index contributed by atoms with van der Waals surface area (Å²) in [5.74, 6) is -0.975. The lowest BCUT2D eigenvalue weighted by Gasteiger charge is -2.29. The van der Waals surface area contributed by atoms with E-state index in [1.54, 1.807) is 30.3 Å². The number of halogens is 1. The van der Waals surface area contributed by atoms with E-state index in [4.69, 9.17) is 28.6 Å². The van der Waals surface area contributed by atoms with Crippen LogP contribution in [0.4, 0.5) is 5.69 Å². The first kappa shape index (κ1) is 17.9. The van der Waals surface area contributed by atoms with Gasteiger partial charge >= 0.3 is 0 Å². The van der Waals surface area contributed by atoms with Crippen LogP contribution in [0.3, 0.4) is 0 Å². The van der Waals surface area contributed by atoms with Crippen molar-refractivity contribution in [1.29, 1.82) is 0 Å². The lowest BCUT2D eigenvalue weighted by molar-refractivity contribution is -0.122. The number of amides is 2. The summed E-state index contributed by atoms with van der Waals surface area (Å²) in [4.78, 5) is 26.3. The van der Waals surface area contributed by atoms with E-state index in [-0.39, 0.29) is 22.2 Å². The van der Waals surface area contributed by atoms with Gasteiger partial charge in [-0.05, 0) is 60.3 Å². The van der Waals surface area contributed by atoms with E-state index in [0.717, 1.165) is 0 Å². The highest BCUT2D eigenvalue weighted by Crippen LogP contribution is 2.28.